The highest BCUT2D eigenvalue weighted by Crippen LogP contribution is 2.31. The number of amides is 1. The van der Waals surface area contributed by atoms with E-state index in [2.05, 4.69) is 4.98 Å². The second-order valence-corrected chi connectivity index (χ2v) is 5.40. The first-order chi connectivity index (χ1) is 9.91. The molecule has 1 heterocycles. The molecule has 112 valence electrons. The van der Waals surface area contributed by atoms with Crippen molar-refractivity contribution in [1.82, 2.24) is 14.5 Å². The molecule has 5 nitrogen and oxygen atoms in total. The van der Waals surface area contributed by atoms with Crippen molar-refractivity contribution in [2.24, 2.45) is 7.05 Å². The van der Waals surface area contributed by atoms with Gasteiger partial charge < -0.3 is 14.2 Å². The minimum absolute atomic E-state index is 0.177. The lowest BCUT2D eigenvalue weighted by Crippen LogP contribution is -2.26. The molecular weight excluding hydrogens is 313 g/mol. The summed E-state index contributed by atoms with van der Waals surface area (Å²) in [5.74, 6) is 0.464. The summed E-state index contributed by atoms with van der Waals surface area (Å²) in [5, 5.41) is 0.476. The van der Waals surface area contributed by atoms with E-state index in [1.54, 1.807) is 25.7 Å². The van der Waals surface area contributed by atoms with Crippen molar-refractivity contribution in [1.29, 1.82) is 0 Å². The van der Waals surface area contributed by atoms with Gasteiger partial charge in [0, 0.05) is 26.7 Å². The first kappa shape index (κ1) is 15.7. The Balaban J connectivity index is 2.45. The molecule has 0 fully saturated rings. The molecular formula is C14H15Cl2N3O2. The Labute approximate surface area is 133 Å². The van der Waals surface area contributed by atoms with Crippen LogP contribution in [-0.4, -0.2) is 34.6 Å². The SMILES string of the molecule is CN(C)C(=O)OC(c1ccccc1)c1nc(Cl)c(Cl)n1C. The van der Waals surface area contributed by atoms with Crippen LogP contribution in [0.5, 0.6) is 0 Å². The minimum Gasteiger partial charge on any atom is -0.433 e. The summed E-state index contributed by atoms with van der Waals surface area (Å²) in [6.45, 7) is 0. The van der Waals surface area contributed by atoms with Crippen LogP contribution in [0.1, 0.15) is 17.5 Å². The predicted molar refractivity (Wildman–Crippen MR) is 81.7 cm³/mol. The minimum atomic E-state index is -0.684. The lowest BCUT2D eigenvalue weighted by molar-refractivity contribution is 0.0864. The highest BCUT2D eigenvalue weighted by molar-refractivity contribution is 6.40. The quantitative estimate of drug-likeness (QED) is 0.866. The Hall–Kier alpha value is -1.72. The molecule has 0 bridgehead atoms. The number of nitrogens with zero attached hydrogens (tertiary/aromatic N) is 3. The molecule has 2 rings (SSSR count). The molecule has 1 unspecified atom stereocenters. The maximum atomic E-state index is 11.9. The Morgan fingerprint density at radius 3 is 2.38 bits per heavy atom. The largest absolute Gasteiger partial charge is 0.433 e. The van der Waals surface area contributed by atoms with Crippen molar-refractivity contribution in [3.63, 3.8) is 0 Å². The molecule has 0 aliphatic heterocycles. The van der Waals surface area contributed by atoms with Crippen LogP contribution in [-0.2, 0) is 11.8 Å². The molecule has 0 N–H and O–H groups in total. The number of rotatable bonds is 3. The van der Waals surface area contributed by atoms with E-state index < -0.39 is 12.2 Å². The van der Waals surface area contributed by atoms with Crippen molar-refractivity contribution in [3.8, 4) is 0 Å². The normalized spacial score (nSPS) is 12.0. The van der Waals surface area contributed by atoms with E-state index in [4.69, 9.17) is 27.9 Å². The number of carbonyl (C=O) groups excluding carboxylic acids is 1. The van der Waals surface area contributed by atoms with E-state index in [0.717, 1.165) is 5.56 Å². The van der Waals surface area contributed by atoms with Gasteiger partial charge in [0.25, 0.3) is 0 Å². The summed E-state index contributed by atoms with van der Waals surface area (Å²) in [6, 6.07) is 9.30. The molecule has 0 saturated carbocycles. The second-order valence-electron chi connectivity index (χ2n) is 4.68. The maximum absolute atomic E-state index is 11.9. The second kappa shape index (κ2) is 6.37. The molecule has 0 spiro atoms. The van der Waals surface area contributed by atoms with Gasteiger partial charge in [0.15, 0.2) is 17.1 Å². The van der Waals surface area contributed by atoms with Crippen LogP contribution in [0.15, 0.2) is 30.3 Å². The fourth-order valence-electron chi connectivity index (χ4n) is 1.80. The number of aromatic nitrogens is 2. The monoisotopic (exact) mass is 327 g/mol. The molecule has 2 aromatic rings. The molecule has 0 aliphatic carbocycles. The number of ether oxygens (including phenoxy) is 1. The highest BCUT2D eigenvalue weighted by Gasteiger charge is 2.26. The van der Waals surface area contributed by atoms with E-state index >= 15 is 0 Å². The summed E-state index contributed by atoms with van der Waals surface area (Å²) < 4.78 is 7.12. The molecule has 0 radical (unpaired) electrons. The Kier molecular flexibility index (Phi) is 4.75. The van der Waals surface area contributed by atoms with E-state index in [0.29, 0.717) is 11.0 Å². The van der Waals surface area contributed by atoms with Gasteiger partial charge in [-0.05, 0) is 0 Å². The summed E-state index contributed by atoms with van der Waals surface area (Å²) in [6.07, 6.45) is -1.16. The van der Waals surface area contributed by atoms with E-state index in [-0.39, 0.29) is 5.15 Å². The van der Waals surface area contributed by atoms with Gasteiger partial charge in [0.2, 0.25) is 0 Å². The van der Waals surface area contributed by atoms with Gasteiger partial charge in [-0.1, -0.05) is 53.5 Å². The molecule has 1 atom stereocenters. The van der Waals surface area contributed by atoms with Crippen LogP contribution in [0.2, 0.25) is 10.3 Å². The van der Waals surface area contributed by atoms with E-state index in [9.17, 15) is 4.79 Å². The fraction of sp³-hybridized carbons (Fsp3) is 0.286. The summed E-state index contributed by atoms with van der Waals surface area (Å²) in [7, 11) is 4.95. The summed E-state index contributed by atoms with van der Waals surface area (Å²) >= 11 is 12.0. The zero-order valence-electron chi connectivity index (χ0n) is 11.9. The standard InChI is InChI=1S/C14H15Cl2N3O2/c1-18(2)14(20)21-10(9-7-5-4-6-8-9)13-17-11(15)12(16)19(13)3/h4-8,10H,1-3H3. The molecule has 1 aromatic carbocycles. The molecule has 0 saturated heterocycles. The fourth-order valence-corrected chi connectivity index (χ4v) is 2.14. The third-order valence-electron chi connectivity index (χ3n) is 2.94. The van der Waals surface area contributed by atoms with Crippen molar-refractivity contribution in [2.45, 2.75) is 6.10 Å². The van der Waals surface area contributed by atoms with E-state index in [1.165, 1.54) is 4.90 Å². The lowest BCUT2D eigenvalue weighted by Gasteiger charge is -2.20. The van der Waals surface area contributed by atoms with Crippen LogP contribution < -0.4 is 0 Å². The first-order valence-electron chi connectivity index (χ1n) is 6.22. The zero-order valence-corrected chi connectivity index (χ0v) is 13.4. The van der Waals surface area contributed by atoms with Gasteiger partial charge in [-0.25, -0.2) is 9.78 Å². The number of halogens is 2. The Morgan fingerprint density at radius 2 is 1.90 bits per heavy atom. The Bertz CT molecular complexity index is 641. The molecule has 21 heavy (non-hydrogen) atoms. The van der Waals surface area contributed by atoms with E-state index in [1.807, 2.05) is 30.3 Å². The van der Waals surface area contributed by atoms with Gasteiger partial charge in [-0.3, -0.25) is 0 Å². The number of hydrogen-bond acceptors (Lipinski definition) is 3. The van der Waals surface area contributed by atoms with Crippen LogP contribution in [0.3, 0.4) is 0 Å². The average Bonchev–Trinajstić information content (AvgIpc) is 2.73. The first-order valence-corrected chi connectivity index (χ1v) is 6.98. The van der Waals surface area contributed by atoms with Crippen LogP contribution in [0.25, 0.3) is 0 Å². The summed E-state index contributed by atoms with van der Waals surface area (Å²) in [4.78, 5) is 17.5. The van der Waals surface area contributed by atoms with Gasteiger partial charge in [0.1, 0.15) is 5.15 Å². The van der Waals surface area contributed by atoms with Crippen molar-refractivity contribution >= 4 is 29.3 Å². The third kappa shape index (κ3) is 3.31. The lowest BCUT2D eigenvalue weighted by atomic mass is 10.1. The van der Waals surface area contributed by atoms with Crippen LogP contribution in [0.4, 0.5) is 4.79 Å². The maximum Gasteiger partial charge on any atom is 0.410 e. The van der Waals surface area contributed by atoms with Crippen molar-refractivity contribution in [3.05, 3.63) is 52.0 Å². The molecule has 0 aliphatic rings. The summed E-state index contributed by atoms with van der Waals surface area (Å²) in [5.41, 5.74) is 0.786. The smallest absolute Gasteiger partial charge is 0.410 e. The van der Waals surface area contributed by atoms with Gasteiger partial charge in [0.05, 0.1) is 0 Å². The Morgan fingerprint density at radius 1 is 1.29 bits per heavy atom. The zero-order chi connectivity index (χ0) is 15.6. The number of carbonyl (C=O) groups is 1. The van der Waals surface area contributed by atoms with Gasteiger partial charge >= 0.3 is 6.09 Å². The van der Waals surface area contributed by atoms with Crippen molar-refractivity contribution in [2.75, 3.05) is 14.1 Å². The topological polar surface area (TPSA) is 47.4 Å². The van der Waals surface area contributed by atoms with Crippen molar-refractivity contribution < 1.29 is 9.53 Å². The van der Waals surface area contributed by atoms with Crippen LogP contribution >= 0.6 is 23.2 Å². The van der Waals surface area contributed by atoms with Gasteiger partial charge in [-0.15, -0.1) is 0 Å². The molecule has 1 aromatic heterocycles. The van der Waals surface area contributed by atoms with Crippen LogP contribution in [0, 0.1) is 0 Å². The number of imidazole rings is 1. The predicted octanol–water partition coefficient (Wildman–Crippen LogP) is 3.51. The average molecular weight is 328 g/mol. The molecule has 7 heteroatoms. The third-order valence-corrected chi connectivity index (χ3v) is 3.73. The number of hydrogen-bond donors (Lipinski definition) is 0. The molecule has 1 amide bonds. The van der Waals surface area contributed by atoms with Gasteiger partial charge in [-0.2, -0.15) is 0 Å². The highest BCUT2D eigenvalue weighted by atomic mass is 35.5. The number of benzene rings is 1.